The number of nitrogens with zero attached hydrogens (tertiary/aromatic N) is 2. The lowest BCUT2D eigenvalue weighted by atomic mass is 9.96. The van der Waals surface area contributed by atoms with Crippen molar-refractivity contribution in [3.8, 4) is 0 Å². The summed E-state index contributed by atoms with van der Waals surface area (Å²) in [6.45, 7) is 0.0183. The minimum atomic E-state index is -0.850. The molecule has 0 bridgehead atoms. The van der Waals surface area contributed by atoms with E-state index in [1.807, 2.05) is 0 Å². The number of amides is 1. The lowest BCUT2D eigenvalue weighted by Crippen LogP contribution is -2.31. The van der Waals surface area contributed by atoms with Crippen molar-refractivity contribution < 1.29 is 24.2 Å². The molecule has 1 aromatic carbocycles. The van der Waals surface area contributed by atoms with Crippen molar-refractivity contribution in [3.63, 3.8) is 0 Å². The molecule has 1 aliphatic rings. The summed E-state index contributed by atoms with van der Waals surface area (Å²) in [5.41, 5.74) is 1.95. The van der Waals surface area contributed by atoms with Gasteiger partial charge >= 0.3 is 0 Å². The van der Waals surface area contributed by atoms with Gasteiger partial charge in [0.1, 0.15) is 0 Å². The molecule has 7 nitrogen and oxygen atoms in total. The first-order valence-corrected chi connectivity index (χ1v) is 9.06. The highest BCUT2D eigenvalue weighted by Crippen LogP contribution is 2.41. The molecule has 1 atom stereocenters. The van der Waals surface area contributed by atoms with Crippen LogP contribution in [0.15, 0.2) is 82.9 Å². The number of carbonyl (C=O) groups excluding carboxylic acids is 2. The second-order valence-corrected chi connectivity index (χ2v) is 6.57. The van der Waals surface area contributed by atoms with Crippen LogP contribution in [0.25, 0.3) is 0 Å². The molecule has 0 radical (unpaired) electrons. The van der Waals surface area contributed by atoms with E-state index in [9.17, 15) is 14.7 Å². The first-order chi connectivity index (χ1) is 14.1. The highest BCUT2D eigenvalue weighted by Gasteiger charge is 2.45. The SMILES string of the molecule is O=C(C1=C(O)C(=O)N(c2ccc(CCO)cc2)[C@@H]1c1cccnc1)c1ccco1. The molecule has 2 aromatic heterocycles. The quantitative estimate of drug-likeness (QED) is 0.627. The van der Waals surface area contributed by atoms with Crippen LogP contribution in [0.3, 0.4) is 0 Å². The minimum absolute atomic E-state index is 0.0183. The van der Waals surface area contributed by atoms with Crippen molar-refractivity contribution in [2.75, 3.05) is 11.5 Å². The van der Waals surface area contributed by atoms with E-state index >= 15 is 0 Å². The third kappa shape index (κ3) is 3.32. The van der Waals surface area contributed by atoms with Gasteiger partial charge in [-0.15, -0.1) is 0 Å². The number of rotatable bonds is 6. The van der Waals surface area contributed by atoms with Crippen LogP contribution in [0.4, 0.5) is 5.69 Å². The number of hydrogen-bond donors (Lipinski definition) is 2. The third-order valence-electron chi connectivity index (χ3n) is 4.81. The van der Waals surface area contributed by atoms with Gasteiger partial charge in [-0.2, -0.15) is 0 Å². The molecular formula is C22H18N2O5. The Balaban J connectivity index is 1.81. The Hall–Kier alpha value is -3.71. The number of pyridine rings is 1. The standard InChI is InChI=1S/C22H18N2O5/c25-11-9-14-5-7-16(8-6-14)24-19(15-3-1-10-23-13-15)18(21(27)22(24)28)20(26)17-4-2-12-29-17/h1-8,10,12-13,19,25,27H,9,11H2/t19-/m1/s1. The van der Waals surface area contributed by atoms with Crippen LogP contribution in [0.5, 0.6) is 0 Å². The number of aromatic nitrogens is 1. The monoisotopic (exact) mass is 390 g/mol. The molecule has 3 aromatic rings. The Bertz CT molecular complexity index is 1060. The van der Waals surface area contributed by atoms with Gasteiger partial charge in [-0.05, 0) is 47.9 Å². The molecule has 0 aliphatic carbocycles. The number of hydrogen-bond acceptors (Lipinski definition) is 6. The van der Waals surface area contributed by atoms with E-state index in [-0.39, 0.29) is 17.9 Å². The molecule has 0 spiro atoms. The minimum Gasteiger partial charge on any atom is -0.503 e. The summed E-state index contributed by atoms with van der Waals surface area (Å²) in [6.07, 6.45) is 5.00. The van der Waals surface area contributed by atoms with Gasteiger partial charge in [0.25, 0.3) is 5.91 Å². The van der Waals surface area contributed by atoms with Crippen LogP contribution >= 0.6 is 0 Å². The van der Waals surface area contributed by atoms with Crippen molar-refractivity contribution >= 4 is 17.4 Å². The molecule has 1 aliphatic heterocycles. The van der Waals surface area contributed by atoms with Crippen LogP contribution in [0, 0.1) is 0 Å². The summed E-state index contributed by atoms with van der Waals surface area (Å²) in [6, 6.07) is 12.7. The Kier molecular flexibility index (Phi) is 4.97. The van der Waals surface area contributed by atoms with E-state index in [4.69, 9.17) is 9.52 Å². The molecule has 2 N–H and O–H groups in total. The second kappa shape index (κ2) is 7.73. The lowest BCUT2D eigenvalue weighted by Gasteiger charge is -2.26. The Morgan fingerprint density at radius 1 is 1.14 bits per heavy atom. The maximum atomic E-state index is 13.0. The Morgan fingerprint density at radius 2 is 1.93 bits per heavy atom. The summed E-state index contributed by atoms with van der Waals surface area (Å²) in [5.74, 6) is -1.81. The number of aliphatic hydroxyl groups is 2. The van der Waals surface area contributed by atoms with Crippen LogP contribution in [-0.4, -0.2) is 33.5 Å². The van der Waals surface area contributed by atoms with Gasteiger partial charge < -0.3 is 14.6 Å². The molecule has 4 rings (SSSR count). The van der Waals surface area contributed by atoms with Crippen molar-refractivity contribution in [3.05, 3.63) is 95.4 Å². The number of aliphatic hydroxyl groups excluding tert-OH is 2. The van der Waals surface area contributed by atoms with Gasteiger partial charge in [-0.25, -0.2) is 0 Å². The third-order valence-corrected chi connectivity index (χ3v) is 4.81. The van der Waals surface area contributed by atoms with Gasteiger partial charge in [-0.1, -0.05) is 18.2 Å². The number of anilines is 1. The zero-order chi connectivity index (χ0) is 20.4. The zero-order valence-corrected chi connectivity index (χ0v) is 15.4. The van der Waals surface area contributed by atoms with Gasteiger partial charge in [-0.3, -0.25) is 19.5 Å². The summed E-state index contributed by atoms with van der Waals surface area (Å²) >= 11 is 0. The maximum absolute atomic E-state index is 13.0. The first-order valence-electron chi connectivity index (χ1n) is 9.06. The van der Waals surface area contributed by atoms with Crippen molar-refractivity contribution in [2.45, 2.75) is 12.5 Å². The van der Waals surface area contributed by atoms with E-state index in [2.05, 4.69) is 4.98 Å². The fourth-order valence-electron chi connectivity index (χ4n) is 3.45. The molecule has 146 valence electrons. The van der Waals surface area contributed by atoms with Crippen LogP contribution in [0.2, 0.25) is 0 Å². The van der Waals surface area contributed by atoms with Crippen LogP contribution in [0.1, 0.15) is 27.7 Å². The number of furan rings is 1. The van der Waals surface area contributed by atoms with E-state index in [1.54, 1.807) is 54.9 Å². The van der Waals surface area contributed by atoms with Gasteiger partial charge in [0, 0.05) is 24.7 Å². The molecular weight excluding hydrogens is 372 g/mol. The number of carbonyl (C=O) groups is 2. The predicted octanol–water partition coefficient (Wildman–Crippen LogP) is 2.99. The normalized spacial score (nSPS) is 16.5. The number of benzene rings is 1. The molecule has 0 fully saturated rings. The predicted molar refractivity (Wildman–Crippen MR) is 104 cm³/mol. The van der Waals surface area contributed by atoms with Crippen molar-refractivity contribution in [1.82, 2.24) is 4.98 Å². The number of Topliss-reactive ketones (excluding diaryl/α,β-unsaturated/α-hetero) is 1. The van der Waals surface area contributed by atoms with Crippen LogP contribution < -0.4 is 4.90 Å². The fourth-order valence-corrected chi connectivity index (χ4v) is 3.45. The zero-order valence-electron chi connectivity index (χ0n) is 15.4. The lowest BCUT2D eigenvalue weighted by molar-refractivity contribution is -0.117. The van der Waals surface area contributed by atoms with E-state index in [1.165, 1.54) is 17.2 Å². The molecule has 0 saturated carbocycles. The fraction of sp³-hybridized carbons (Fsp3) is 0.136. The number of ketones is 1. The molecule has 3 heterocycles. The maximum Gasteiger partial charge on any atom is 0.294 e. The smallest absolute Gasteiger partial charge is 0.294 e. The largest absolute Gasteiger partial charge is 0.503 e. The average Bonchev–Trinajstić information content (AvgIpc) is 3.37. The molecule has 1 amide bonds. The van der Waals surface area contributed by atoms with Gasteiger partial charge in [0.05, 0.1) is 17.9 Å². The van der Waals surface area contributed by atoms with Crippen molar-refractivity contribution in [2.24, 2.45) is 0 Å². The highest BCUT2D eigenvalue weighted by atomic mass is 16.3. The van der Waals surface area contributed by atoms with E-state index in [0.29, 0.717) is 17.7 Å². The summed E-state index contributed by atoms with van der Waals surface area (Å²) in [5, 5.41) is 19.7. The Morgan fingerprint density at radius 3 is 2.55 bits per heavy atom. The molecule has 0 saturated heterocycles. The van der Waals surface area contributed by atoms with Gasteiger partial charge in [0.2, 0.25) is 5.78 Å². The molecule has 29 heavy (non-hydrogen) atoms. The average molecular weight is 390 g/mol. The summed E-state index contributed by atoms with van der Waals surface area (Å²) in [7, 11) is 0. The van der Waals surface area contributed by atoms with Gasteiger partial charge in [0.15, 0.2) is 11.5 Å². The Labute approximate surface area is 166 Å². The summed E-state index contributed by atoms with van der Waals surface area (Å²) < 4.78 is 5.20. The summed E-state index contributed by atoms with van der Waals surface area (Å²) in [4.78, 5) is 31.4. The molecule has 0 unspecified atom stereocenters. The second-order valence-electron chi connectivity index (χ2n) is 6.57. The van der Waals surface area contributed by atoms with Crippen LogP contribution in [-0.2, 0) is 11.2 Å². The van der Waals surface area contributed by atoms with E-state index in [0.717, 1.165) is 5.56 Å². The van der Waals surface area contributed by atoms with E-state index < -0.39 is 23.5 Å². The first kappa shape index (κ1) is 18.6. The molecule has 7 heteroatoms. The highest BCUT2D eigenvalue weighted by molar-refractivity contribution is 6.20. The van der Waals surface area contributed by atoms with Crippen molar-refractivity contribution in [1.29, 1.82) is 0 Å². The topological polar surface area (TPSA) is 104 Å².